The van der Waals surface area contributed by atoms with E-state index in [9.17, 15) is 8.76 Å². The van der Waals surface area contributed by atoms with Crippen LogP contribution in [0.15, 0.2) is 48.5 Å². The molecule has 3 rings (SSSR count). The maximum absolute atomic E-state index is 10.8. The highest BCUT2D eigenvalue weighted by Gasteiger charge is 2.63. The molecule has 0 spiro atoms. The van der Waals surface area contributed by atoms with Crippen molar-refractivity contribution in [3.8, 4) is 0 Å². The molecule has 1 aliphatic carbocycles. The number of hydrogen-bond donors (Lipinski definition) is 0. The first kappa shape index (κ1) is 21.8. The van der Waals surface area contributed by atoms with Crippen LogP contribution in [0.5, 0.6) is 0 Å². The van der Waals surface area contributed by atoms with Gasteiger partial charge in [0.25, 0.3) is 0 Å². The Bertz CT molecular complexity index is 739. The molecule has 0 N–H and O–H groups in total. The van der Waals surface area contributed by atoms with E-state index in [0.717, 1.165) is 0 Å². The molecule has 148 valence electrons. The van der Waals surface area contributed by atoms with E-state index < -0.39 is 11.4 Å². The summed E-state index contributed by atoms with van der Waals surface area (Å²) >= 11 is -2.46. The third-order valence-electron chi connectivity index (χ3n) is 5.64. The standard InChI is InChI=1S/C15H22O3S.C8H10/c1-10-6-8-11(9-7-10)12-14(2,3)13(15(12,4)5)18-19(16)17;1-7-3-5-8(2)6-4-7/h6-9,12-13H,1-5H3,(H,16,17);3-6H,1-2H3/p-1. The zero-order valence-corrected chi connectivity index (χ0v) is 18.2. The number of aryl methyl sites for hydroxylation is 3. The summed E-state index contributed by atoms with van der Waals surface area (Å²) in [6.45, 7) is 14.5. The maximum atomic E-state index is 10.8. The van der Waals surface area contributed by atoms with Crippen LogP contribution >= 0.6 is 0 Å². The SMILES string of the molecule is Cc1ccc(C)cc1.Cc1ccc(C2C(C)(C)C(OS(=O)[O-])C2(C)C)cc1. The molecule has 0 aromatic heterocycles. The van der Waals surface area contributed by atoms with Crippen molar-refractivity contribution in [3.05, 3.63) is 70.8 Å². The van der Waals surface area contributed by atoms with Gasteiger partial charge in [0, 0.05) is 10.8 Å². The van der Waals surface area contributed by atoms with Crippen molar-refractivity contribution in [1.82, 2.24) is 0 Å². The Morgan fingerprint density at radius 2 is 1.11 bits per heavy atom. The average Bonchev–Trinajstić information content (AvgIpc) is 2.57. The molecule has 0 heterocycles. The smallest absolute Gasteiger partial charge is 0.0850 e. The van der Waals surface area contributed by atoms with E-state index in [1.54, 1.807) is 0 Å². The van der Waals surface area contributed by atoms with Gasteiger partial charge >= 0.3 is 0 Å². The minimum Gasteiger partial charge on any atom is -0.750 e. The van der Waals surface area contributed by atoms with Crippen molar-refractivity contribution in [3.63, 3.8) is 0 Å². The molecule has 4 heteroatoms. The van der Waals surface area contributed by atoms with Gasteiger partial charge in [-0.05, 0) is 32.3 Å². The van der Waals surface area contributed by atoms with Crippen molar-refractivity contribution >= 4 is 11.4 Å². The molecular formula is C23H31O3S-. The third-order valence-corrected chi connectivity index (χ3v) is 5.99. The second kappa shape index (κ2) is 8.26. The highest BCUT2D eigenvalue weighted by atomic mass is 32.2. The fourth-order valence-corrected chi connectivity index (χ4v) is 5.36. The Morgan fingerprint density at radius 3 is 1.44 bits per heavy atom. The van der Waals surface area contributed by atoms with Crippen LogP contribution in [-0.4, -0.2) is 14.9 Å². The lowest BCUT2D eigenvalue weighted by molar-refractivity contribution is -0.158. The Balaban J connectivity index is 0.000000273. The molecule has 2 aromatic rings. The van der Waals surface area contributed by atoms with Crippen molar-refractivity contribution in [1.29, 1.82) is 0 Å². The summed E-state index contributed by atoms with van der Waals surface area (Å²) in [6.07, 6.45) is -0.287. The monoisotopic (exact) mass is 387 g/mol. The van der Waals surface area contributed by atoms with E-state index in [2.05, 4.69) is 97.0 Å². The summed E-state index contributed by atoms with van der Waals surface area (Å²) in [5.74, 6) is 0.286. The normalized spacial score (nSPS) is 23.6. The molecule has 0 bridgehead atoms. The Labute approximate surface area is 166 Å². The van der Waals surface area contributed by atoms with Crippen molar-refractivity contribution in [2.24, 2.45) is 10.8 Å². The first-order chi connectivity index (χ1) is 12.5. The summed E-state index contributed by atoms with van der Waals surface area (Å²) in [4.78, 5) is 0. The summed E-state index contributed by atoms with van der Waals surface area (Å²) in [5, 5.41) is 0. The molecule has 1 atom stereocenters. The average molecular weight is 388 g/mol. The van der Waals surface area contributed by atoms with E-state index in [1.807, 2.05) is 0 Å². The van der Waals surface area contributed by atoms with Gasteiger partial charge in [0.2, 0.25) is 0 Å². The zero-order chi connectivity index (χ0) is 20.4. The quantitative estimate of drug-likeness (QED) is 0.642. The molecule has 0 radical (unpaired) electrons. The molecule has 27 heavy (non-hydrogen) atoms. The lowest BCUT2D eigenvalue weighted by Crippen LogP contribution is -2.62. The minimum atomic E-state index is -2.46. The number of rotatable bonds is 3. The van der Waals surface area contributed by atoms with Crippen LogP contribution in [-0.2, 0) is 15.5 Å². The molecular weight excluding hydrogens is 356 g/mol. The van der Waals surface area contributed by atoms with Crippen molar-refractivity contribution < 1.29 is 12.9 Å². The highest BCUT2D eigenvalue weighted by molar-refractivity contribution is 7.74. The fraction of sp³-hybridized carbons (Fsp3) is 0.478. The largest absolute Gasteiger partial charge is 0.750 e. The molecule has 0 aliphatic heterocycles. The summed E-state index contributed by atoms with van der Waals surface area (Å²) < 4.78 is 26.8. The summed E-state index contributed by atoms with van der Waals surface area (Å²) in [7, 11) is 0. The highest BCUT2D eigenvalue weighted by Crippen LogP contribution is 2.65. The summed E-state index contributed by atoms with van der Waals surface area (Å²) in [5.41, 5.74) is 4.74. The molecule has 1 fully saturated rings. The predicted octanol–water partition coefficient (Wildman–Crippen LogP) is 5.63. The fourth-order valence-electron chi connectivity index (χ4n) is 4.71. The Morgan fingerprint density at radius 1 is 0.778 bits per heavy atom. The van der Waals surface area contributed by atoms with Crippen molar-refractivity contribution in [2.75, 3.05) is 0 Å². The van der Waals surface area contributed by atoms with Gasteiger partial charge < -0.3 is 4.55 Å². The Kier molecular flexibility index (Phi) is 6.67. The molecule has 1 aliphatic rings. The van der Waals surface area contributed by atoms with Gasteiger partial charge in [0.05, 0.1) is 17.5 Å². The van der Waals surface area contributed by atoms with Crippen LogP contribution in [0.4, 0.5) is 0 Å². The van der Waals surface area contributed by atoms with Crippen LogP contribution in [0.3, 0.4) is 0 Å². The van der Waals surface area contributed by atoms with E-state index >= 15 is 0 Å². The second-order valence-corrected chi connectivity index (χ2v) is 9.42. The van der Waals surface area contributed by atoms with Gasteiger partial charge in [0.1, 0.15) is 0 Å². The van der Waals surface area contributed by atoms with Gasteiger partial charge in [-0.1, -0.05) is 92.9 Å². The van der Waals surface area contributed by atoms with Crippen LogP contribution in [0.1, 0.15) is 55.9 Å². The first-order valence-electron chi connectivity index (χ1n) is 9.32. The van der Waals surface area contributed by atoms with Crippen LogP contribution in [0.2, 0.25) is 0 Å². The van der Waals surface area contributed by atoms with Gasteiger partial charge in [-0.2, -0.15) is 0 Å². The second-order valence-electron chi connectivity index (χ2n) is 8.82. The maximum Gasteiger partial charge on any atom is 0.0850 e. The van der Waals surface area contributed by atoms with E-state index in [-0.39, 0.29) is 22.9 Å². The molecule has 1 unspecified atom stereocenters. The van der Waals surface area contributed by atoms with Crippen LogP contribution < -0.4 is 0 Å². The van der Waals surface area contributed by atoms with E-state index in [0.29, 0.717) is 0 Å². The van der Waals surface area contributed by atoms with Gasteiger partial charge in [-0.15, -0.1) is 0 Å². The van der Waals surface area contributed by atoms with E-state index in [4.69, 9.17) is 4.18 Å². The lowest BCUT2D eigenvalue weighted by Gasteiger charge is -2.63. The predicted molar refractivity (Wildman–Crippen MR) is 111 cm³/mol. The zero-order valence-electron chi connectivity index (χ0n) is 17.4. The molecule has 0 saturated heterocycles. The van der Waals surface area contributed by atoms with Gasteiger partial charge in [0.15, 0.2) is 0 Å². The topological polar surface area (TPSA) is 49.4 Å². The third kappa shape index (κ3) is 4.87. The Hall–Kier alpha value is -1.49. The van der Waals surface area contributed by atoms with Gasteiger partial charge in [-0.3, -0.25) is 4.18 Å². The lowest BCUT2D eigenvalue weighted by atomic mass is 9.44. The molecule has 3 nitrogen and oxygen atoms in total. The molecule has 0 amide bonds. The number of benzene rings is 2. The molecule has 1 saturated carbocycles. The van der Waals surface area contributed by atoms with Gasteiger partial charge in [-0.25, -0.2) is 4.21 Å². The van der Waals surface area contributed by atoms with Crippen LogP contribution in [0, 0.1) is 31.6 Å². The molecule has 2 aromatic carbocycles. The van der Waals surface area contributed by atoms with Crippen LogP contribution in [0.25, 0.3) is 0 Å². The summed E-state index contributed by atoms with van der Waals surface area (Å²) in [6, 6.07) is 16.9. The van der Waals surface area contributed by atoms with Crippen molar-refractivity contribution in [2.45, 2.75) is 60.5 Å². The van der Waals surface area contributed by atoms with E-state index in [1.165, 1.54) is 22.3 Å². The first-order valence-corrected chi connectivity index (χ1v) is 10.3. The minimum absolute atomic E-state index is 0.196. The number of hydrogen-bond acceptors (Lipinski definition) is 3.